The molecule has 1 aromatic heterocycles. The average Bonchev–Trinajstić information content (AvgIpc) is 2.40. The largest absolute Gasteiger partial charge is 0.458 e. The van der Waals surface area contributed by atoms with Crippen molar-refractivity contribution in [3.63, 3.8) is 0 Å². The monoisotopic (exact) mass is 313 g/mol. The van der Waals surface area contributed by atoms with Crippen LogP contribution in [0.3, 0.4) is 0 Å². The summed E-state index contributed by atoms with van der Waals surface area (Å²) in [6.45, 7) is 6.70. The van der Waals surface area contributed by atoms with Crippen molar-refractivity contribution in [2.24, 2.45) is 0 Å². The maximum Gasteiger partial charge on any atom is 0.410 e. The van der Waals surface area contributed by atoms with Gasteiger partial charge in [0.15, 0.2) is 0 Å². The number of carbonyl (C=O) groups excluding carboxylic acids is 1. The highest BCUT2D eigenvalue weighted by atomic mass is 35.5. The molecule has 1 atom stereocenters. The average molecular weight is 314 g/mol. The lowest BCUT2D eigenvalue weighted by Crippen LogP contribution is -2.46. The van der Waals surface area contributed by atoms with Crippen molar-refractivity contribution in [1.29, 1.82) is 0 Å². The van der Waals surface area contributed by atoms with Gasteiger partial charge in [-0.1, -0.05) is 11.6 Å². The summed E-state index contributed by atoms with van der Waals surface area (Å²) in [6, 6.07) is 0.274. The molecule has 21 heavy (non-hydrogen) atoms. The van der Waals surface area contributed by atoms with Crippen LogP contribution in [0.15, 0.2) is 12.4 Å². The van der Waals surface area contributed by atoms with Crippen molar-refractivity contribution in [3.05, 3.63) is 17.4 Å². The van der Waals surface area contributed by atoms with Crippen LogP contribution < -0.4 is 4.74 Å². The Labute approximate surface area is 129 Å². The van der Waals surface area contributed by atoms with Gasteiger partial charge in [-0.2, -0.15) is 0 Å². The fraction of sp³-hybridized carbons (Fsp3) is 0.643. The molecule has 0 saturated carbocycles. The van der Waals surface area contributed by atoms with Crippen molar-refractivity contribution >= 4 is 17.7 Å². The van der Waals surface area contributed by atoms with E-state index in [0.717, 1.165) is 12.8 Å². The van der Waals surface area contributed by atoms with Crippen molar-refractivity contribution in [2.45, 2.75) is 45.3 Å². The minimum Gasteiger partial charge on any atom is -0.458 e. The maximum atomic E-state index is 12.1. The molecule has 1 amide bonds. The summed E-state index contributed by atoms with van der Waals surface area (Å²) in [4.78, 5) is 21.7. The second kappa shape index (κ2) is 6.47. The highest BCUT2D eigenvalue weighted by Crippen LogP contribution is 2.18. The van der Waals surface area contributed by atoms with E-state index in [9.17, 15) is 4.79 Å². The number of hydrogen-bond donors (Lipinski definition) is 0. The van der Waals surface area contributed by atoms with Crippen molar-refractivity contribution in [2.75, 3.05) is 13.1 Å². The van der Waals surface area contributed by atoms with Crippen LogP contribution in [0.2, 0.25) is 5.02 Å². The van der Waals surface area contributed by atoms with E-state index in [0.29, 0.717) is 18.1 Å². The SMILES string of the molecule is CC(C)(C)OC(=O)N1CCC[C@@H](Oc2ncc(Cl)cn2)C1. The minimum atomic E-state index is -0.496. The first-order chi connectivity index (χ1) is 9.83. The van der Waals surface area contributed by atoms with Crippen molar-refractivity contribution in [1.82, 2.24) is 14.9 Å². The number of rotatable bonds is 2. The molecule has 2 heterocycles. The molecule has 0 aromatic carbocycles. The first-order valence-electron chi connectivity index (χ1n) is 6.95. The van der Waals surface area contributed by atoms with Crippen LogP contribution in [-0.2, 0) is 4.74 Å². The third-order valence-corrected chi connectivity index (χ3v) is 3.09. The third kappa shape index (κ3) is 5.04. The molecule has 0 N–H and O–H groups in total. The van der Waals surface area contributed by atoms with Crippen molar-refractivity contribution in [3.8, 4) is 6.01 Å². The van der Waals surface area contributed by atoms with E-state index in [4.69, 9.17) is 21.1 Å². The summed E-state index contributed by atoms with van der Waals surface area (Å²) in [5.41, 5.74) is -0.496. The first kappa shape index (κ1) is 15.8. The quantitative estimate of drug-likeness (QED) is 0.840. The molecule has 1 aliphatic heterocycles. The lowest BCUT2D eigenvalue weighted by Gasteiger charge is -2.33. The summed E-state index contributed by atoms with van der Waals surface area (Å²) in [5, 5.41) is 0.460. The summed E-state index contributed by atoms with van der Waals surface area (Å²) in [7, 11) is 0. The van der Waals surface area contributed by atoms with Gasteiger partial charge >= 0.3 is 12.1 Å². The number of halogens is 1. The number of likely N-dealkylation sites (tertiary alicyclic amines) is 1. The highest BCUT2D eigenvalue weighted by molar-refractivity contribution is 6.30. The molecule has 0 radical (unpaired) electrons. The number of ether oxygens (including phenoxy) is 2. The number of aromatic nitrogens is 2. The van der Waals surface area contributed by atoms with Crippen LogP contribution in [-0.4, -0.2) is 45.8 Å². The first-order valence-corrected chi connectivity index (χ1v) is 7.33. The molecule has 0 bridgehead atoms. The Morgan fingerprint density at radius 1 is 1.38 bits per heavy atom. The molecule has 0 unspecified atom stereocenters. The van der Waals surface area contributed by atoms with Crippen LogP contribution in [0, 0.1) is 0 Å². The number of carbonyl (C=O) groups is 1. The van der Waals surface area contributed by atoms with Gasteiger partial charge in [-0.25, -0.2) is 14.8 Å². The lowest BCUT2D eigenvalue weighted by molar-refractivity contribution is 0.00660. The number of hydrogen-bond acceptors (Lipinski definition) is 5. The standard InChI is InChI=1S/C14H20ClN3O3/c1-14(2,3)21-13(19)18-6-4-5-11(9-18)20-12-16-7-10(15)8-17-12/h7-8,11H,4-6,9H2,1-3H3/t11-/m1/s1. The Bertz CT molecular complexity index is 487. The van der Waals surface area contributed by atoms with Gasteiger partial charge < -0.3 is 14.4 Å². The van der Waals surface area contributed by atoms with Crippen LogP contribution in [0.5, 0.6) is 6.01 Å². The molecule has 7 heteroatoms. The smallest absolute Gasteiger partial charge is 0.410 e. The normalized spacial score (nSPS) is 19.2. The highest BCUT2D eigenvalue weighted by Gasteiger charge is 2.28. The zero-order valence-corrected chi connectivity index (χ0v) is 13.3. The summed E-state index contributed by atoms with van der Waals surface area (Å²) < 4.78 is 11.1. The van der Waals surface area contributed by atoms with Crippen LogP contribution in [0.25, 0.3) is 0 Å². The molecule has 2 rings (SSSR count). The van der Waals surface area contributed by atoms with Gasteiger partial charge in [-0.05, 0) is 33.6 Å². The molecule has 0 aliphatic carbocycles. The minimum absolute atomic E-state index is 0.132. The Morgan fingerprint density at radius 2 is 2.05 bits per heavy atom. The van der Waals surface area contributed by atoms with Crippen LogP contribution in [0.4, 0.5) is 4.79 Å². The van der Waals surface area contributed by atoms with Gasteiger partial charge in [0, 0.05) is 6.54 Å². The van der Waals surface area contributed by atoms with E-state index in [2.05, 4.69) is 9.97 Å². The lowest BCUT2D eigenvalue weighted by atomic mass is 10.1. The molecular weight excluding hydrogens is 294 g/mol. The van der Waals surface area contributed by atoms with E-state index in [1.807, 2.05) is 20.8 Å². The molecule has 0 spiro atoms. The second-order valence-corrected chi connectivity index (χ2v) is 6.43. The summed E-state index contributed by atoms with van der Waals surface area (Å²) >= 11 is 5.73. The van der Waals surface area contributed by atoms with Gasteiger partial charge in [-0.3, -0.25) is 0 Å². The van der Waals surface area contributed by atoms with Gasteiger partial charge in [0.1, 0.15) is 11.7 Å². The van der Waals surface area contributed by atoms with Gasteiger partial charge in [0.2, 0.25) is 0 Å². The van der Waals surface area contributed by atoms with Crippen LogP contribution >= 0.6 is 11.6 Å². The Kier molecular flexibility index (Phi) is 4.88. The van der Waals surface area contributed by atoms with Crippen molar-refractivity contribution < 1.29 is 14.3 Å². The fourth-order valence-corrected chi connectivity index (χ4v) is 2.13. The van der Waals surface area contributed by atoms with Gasteiger partial charge in [0.25, 0.3) is 0 Å². The summed E-state index contributed by atoms with van der Waals surface area (Å²) in [6.07, 6.45) is 4.24. The number of amides is 1. The zero-order valence-electron chi connectivity index (χ0n) is 12.5. The molecule has 6 nitrogen and oxygen atoms in total. The van der Waals surface area contributed by atoms with E-state index in [1.54, 1.807) is 4.90 Å². The van der Waals surface area contributed by atoms with E-state index < -0.39 is 5.60 Å². The van der Waals surface area contributed by atoms with Crippen LogP contribution in [0.1, 0.15) is 33.6 Å². The van der Waals surface area contributed by atoms with E-state index >= 15 is 0 Å². The number of nitrogens with zero attached hydrogens (tertiary/aromatic N) is 3. The molecule has 116 valence electrons. The predicted octanol–water partition coefficient (Wildman–Crippen LogP) is 2.91. The molecule has 1 fully saturated rings. The summed E-state index contributed by atoms with van der Waals surface area (Å²) in [5.74, 6) is 0. The Balaban J connectivity index is 1.91. The molecule has 1 aromatic rings. The van der Waals surface area contributed by atoms with Gasteiger partial charge in [-0.15, -0.1) is 0 Å². The predicted molar refractivity (Wildman–Crippen MR) is 78.5 cm³/mol. The van der Waals surface area contributed by atoms with E-state index in [1.165, 1.54) is 12.4 Å². The second-order valence-electron chi connectivity index (χ2n) is 5.99. The maximum absolute atomic E-state index is 12.1. The Hall–Kier alpha value is -1.56. The number of piperidine rings is 1. The fourth-order valence-electron chi connectivity index (χ4n) is 2.04. The third-order valence-electron chi connectivity index (χ3n) is 2.90. The van der Waals surface area contributed by atoms with Gasteiger partial charge in [0.05, 0.1) is 24.0 Å². The van der Waals surface area contributed by atoms with E-state index in [-0.39, 0.29) is 18.2 Å². The zero-order chi connectivity index (χ0) is 15.5. The topological polar surface area (TPSA) is 64.5 Å². The molecular formula is C14H20ClN3O3. The Morgan fingerprint density at radius 3 is 2.67 bits per heavy atom. The molecule has 1 aliphatic rings. The molecule has 1 saturated heterocycles.